The summed E-state index contributed by atoms with van der Waals surface area (Å²) in [5, 5.41) is 0. The van der Waals surface area contributed by atoms with E-state index in [1.54, 1.807) is 13.2 Å². The zero-order chi connectivity index (χ0) is 19.4. The Labute approximate surface area is 169 Å². The second-order valence-corrected chi connectivity index (χ2v) is 7.34. The molecule has 1 heterocycles. The molecule has 0 radical (unpaired) electrons. The van der Waals surface area contributed by atoms with Crippen LogP contribution < -0.4 is 14.4 Å². The first-order valence-corrected chi connectivity index (χ1v) is 9.94. The third kappa shape index (κ3) is 4.21. The van der Waals surface area contributed by atoms with E-state index in [1.807, 2.05) is 17.9 Å². The average Bonchev–Trinajstić information content (AvgIpc) is 2.69. The molecule has 5 nitrogen and oxygen atoms in total. The van der Waals surface area contributed by atoms with Gasteiger partial charge in [0.1, 0.15) is 0 Å². The number of carbonyl (C=O) groups excluding carboxylic acids is 1. The Morgan fingerprint density at radius 3 is 2.48 bits per heavy atom. The van der Waals surface area contributed by atoms with Gasteiger partial charge in [0.05, 0.1) is 18.2 Å². The molecule has 0 unspecified atom stereocenters. The Hall–Kier alpha value is -2.21. The monoisotopic (exact) mass is 432 g/mol. The van der Waals surface area contributed by atoms with Gasteiger partial charge in [0.15, 0.2) is 11.5 Å². The highest BCUT2D eigenvalue weighted by Crippen LogP contribution is 2.37. The van der Waals surface area contributed by atoms with Crippen LogP contribution in [0.4, 0.5) is 5.69 Å². The van der Waals surface area contributed by atoms with Gasteiger partial charge in [0.25, 0.3) is 5.91 Å². The van der Waals surface area contributed by atoms with E-state index >= 15 is 0 Å². The van der Waals surface area contributed by atoms with Crippen LogP contribution in [0.15, 0.2) is 40.9 Å². The standard InChI is InChI=1S/C21H25BrN2O3/c1-4-27-20-17(22)13-16(14-19(20)26-3)21(25)24-11-9-23(10-12-24)18-8-6-5-7-15(18)2/h5-8,13-14H,4,9-12H2,1-3H3. The van der Waals surface area contributed by atoms with E-state index in [1.165, 1.54) is 11.3 Å². The molecular formula is C21H25BrN2O3. The van der Waals surface area contributed by atoms with E-state index in [-0.39, 0.29) is 5.91 Å². The fraction of sp³-hybridized carbons (Fsp3) is 0.381. The molecule has 0 N–H and O–H groups in total. The number of para-hydroxylation sites is 1. The van der Waals surface area contributed by atoms with E-state index in [0.29, 0.717) is 36.8 Å². The van der Waals surface area contributed by atoms with Crippen molar-refractivity contribution in [2.75, 3.05) is 44.8 Å². The predicted octanol–water partition coefficient (Wildman–Crippen LogP) is 4.13. The van der Waals surface area contributed by atoms with Gasteiger partial charge in [-0.3, -0.25) is 4.79 Å². The topological polar surface area (TPSA) is 42.0 Å². The van der Waals surface area contributed by atoms with Gasteiger partial charge in [0.2, 0.25) is 0 Å². The summed E-state index contributed by atoms with van der Waals surface area (Å²) in [6.45, 7) is 7.61. The maximum atomic E-state index is 13.0. The Morgan fingerprint density at radius 2 is 1.85 bits per heavy atom. The molecule has 144 valence electrons. The zero-order valence-corrected chi connectivity index (χ0v) is 17.6. The molecule has 1 fully saturated rings. The summed E-state index contributed by atoms with van der Waals surface area (Å²) >= 11 is 3.50. The smallest absolute Gasteiger partial charge is 0.254 e. The van der Waals surface area contributed by atoms with Crippen LogP contribution in [0.3, 0.4) is 0 Å². The van der Waals surface area contributed by atoms with Crippen molar-refractivity contribution in [3.8, 4) is 11.5 Å². The van der Waals surface area contributed by atoms with E-state index in [2.05, 4.69) is 52.0 Å². The molecule has 1 aliphatic rings. The molecule has 0 spiro atoms. The first-order chi connectivity index (χ1) is 13.0. The van der Waals surface area contributed by atoms with E-state index in [9.17, 15) is 4.79 Å². The minimum Gasteiger partial charge on any atom is -0.493 e. The highest BCUT2D eigenvalue weighted by molar-refractivity contribution is 9.10. The fourth-order valence-electron chi connectivity index (χ4n) is 3.38. The number of aryl methyl sites for hydroxylation is 1. The van der Waals surface area contributed by atoms with Gasteiger partial charge >= 0.3 is 0 Å². The van der Waals surface area contributed by atoms with Gasteiger partial charge in [-0.15, -0.1) is 0 Å². The number of ether oxygens (including phenoxy) is 2. The molecular weight excluding hydrogens is 408 g/mol. The minimum atomic E-state index is 0.0153. The van der Waals surface area contributed by atoms with Crippen molar-refractivity contribution in [3.63, 3.8) is 0 Å². The van der Waals surface area contributed by atoms with E-state index in [0.717, 1.165) is 17.6 Å². The van der Waals surface area contributed by atoms with Crippen LogP contribution in [0.5, 0.6) is 11.5 Å². The number of rotatable bonds is 5. The van der Waals surface area contributed by atoms with Crippen molar-refractivity contribution >= 4 is 27.5 Å². The van der Waals surface area contributed by atoms with Crippen molar-refractivity contribution in [2.24, 2.45) is 0 Å². The van der Waals surface area contributed by atoms with Crippen molar-refractivity contribution in [2.45, 2.75) is 13.8 Å². The lowest BCUT2D eigenvalue weighted by atomic mass is 10.1. The SMILES string of the molecule is CCOc1c(Br)cc(C(=O)N2CCN(c3ccccc3C)CC2)cc1OC. The molecule has 27 heavy (non-hydrogen) atoms. The molecule has 0 saturated carbocycles. The number of carbonyl (C=O) groups is 1. The Kier molecular flexibility index (Phi) is 6.26. The molecule has 0 aromatic heterocycles. The summed E-state index contributed by atoms with van der Waals surface area (Å²) < 4.78 is 11.7. The summed E-state index contributed by atoms with van der Waals surface area (Å²) in [4.78, 5) is 17.2. The van der Waals surface area contributed by atoms with Crippen LogP contribution in [-0.2, 0) is 0 Å². The van der Waals surface area contributed by atoms with Crippen molar-refractivity contribution < 1.29 is 14.3 Å². The molecule has 1 amide bonds. The molecule has 3 rings (SSSR count). The van der Waals surface area contributed by atoms with Gasteiger partial charge in [0, 0.05) is 37.4 Å². The lowest BCUT2D eigenvalue weighted by Crippen LogP contribution is -2.49. The zero-order valence-electron chi connectivity index (χ0n) is 16.0. The summed E-state index contributed by atoms with van der Waals surface area (Å²) in [7, 11) is 1.58. The summed E-state index contributed by atoms with van der Waals surface area (Å²) in [6.07, 6.45) is 0. The number of hydrogen-bond acceptors (Lipinski definition) is 4. The van der Waals surface area contributed by atoms with Crippen LogP contribution in [-0.4, -0.2) is 50.7 Å². The fourth-order valence-corrected chi connectivity index (χ4v) is 3.94. The highest BCUT2D eigenvalue weighted by Gasteiger charge is 2.24. The van der Waals surface area contributed by atoms with E-state index < -0.39 is 0 Å². The van der Waals surface area contributed by atoms with Crippen LogP contribution in [0.1, 0.15) is 22.8 Å². The lowest BCUT2D eigenvalue weighted by Gasteiger charge is -2.37. The second-order valence-electron chi connectivity index (χ2n) is 6.49. The highest BCUT2D eigenvalue weighted by atomic mass is 79.9. The second kappa shape index (κ2) is 8.65. The maximum Gasteiger partial charge on any atom is 0.254 e. The predicted molar refractivity (Wildman–Crippen MR) is 111 cm³/mol. The maximum absolute atomic E-state index is 13.0. The van der Waals surface area contributed by atoms with Crippen LogP contribution in [0.2, 0.25) is 0 Å². The van der Waals surface area contributed by atoms with Gasteiger partial charge in [-0.1, -0.05) is 18.2 Å². The number of nitrogens with zero attached hydrogens (tertiary/aromatic N) is 2. The first kappa shape index (κ1) is 19.5. The summed E-state index contributed by atoms with van der Waals surface area (Å²) in [5.74, 6) is 1.20. The van der Waals surface area contributed by atoms with Gasteiger partial charge < -0.3 is 19.3 Å². The molecule has 0 atom stereocenters. The molecule has 1 saturated heterocycles. The molecule has 0 aliphatic carbocycles. The van der Waals surface area contributed by atoms with Crippen LogP contribution >= 0.6 is 15.9 Å². The Balaban J connectivity index is 1.72. The summed E-state index contributed by atoms with van der Waals surface area (Å²) in [6, 6.07) is 11.9. The number of piperazine rings is 1. The van der Waals surface area contributed by atoms with Crippen molar-refractivity contribution in [1.29, 1.82) is 0 Å². The quantitative estimate of drug-likeness (QED) is 0.712. The number of hydrogen-bond donors (Lipinski definition) is 0. The number of halogens is 1. The largest absolute Gasteiger partial charge is 0.493 e. The average molecular weight is 433 g/mol. The first-order valence-electron chi connectivity index (χ1n) is 9.15. The molecule has 2 aromatic carbocycles. The Bertz CT molecular complexity index is 817. The lowest BCUT2D eigenvalue weighted by molar-refractivity contribution is 0.0746. The van der Waals surface area contributed by atoms with Crippen LogP contribution in [0.25, 0.3) is 0 Å². The van der Waals surface area contributed by atoms with Crippen molar-refractivity contribution in [1.82, 2.24) is 4.90 Å². The summed E-state index contributed by atoms with van der Waals surface area (Å²) in [5.41, 5.74) is 3.11. The number of anilines is 1. The van der Waals surface area contributed by atoms with Crippen LogP contribution in [0, 0.1) is 6.92 Å². The minimum absolute atomic E-state index is 0.0153. The van der Waals surface area contributed by atoms with E-state index in [4.69, 9.17) is 9.47 Å². The number of methoxy groups -OCH3 is 1. The molecule has 1 aliphatic heterocycles. The number of amides is 1. The van der Waals surface area contributed by atoms with Gasteiger partial charge in [-0.05, 0) is 53.5 Å². The number of benzene rings is 2. The van der Waals surface area contributed by atoms with Gasteiger partial charge in [-0.25, -0.2) is 0 Å². The molecule has 2 aromatic rings. The third-order valence-electron chi connectivity index (χ3n) is 4.79. The normalized spacial score (nSPS) is 14.2. The molecule has 0 bridgehead atoms. The molecule has 6 heteroatoms. The Morgan fingerprint density at radius 1 is 1.15 bits per heavy atom. The van der Waals surface area contributed by atoms with Crippen molar-refractivity contribution in [3.05, 3.63) is 52.0 Å². The third-order valence-corrected chi connectivity index (χ3v) is 5.38. The van der Waals surface area contributed by atoms with Gasteiger partial charge in [-0.2, -0.15) is 0 Å².